The fourth-order valence-electron chi connectivity index (χ4n) is 7.55. The van der Waals surface area contributed by atoms with E-state index in [2.05, 4.69) is 27.9 Å². The predicted octanol–water partition coefficient (Wildman–Crippen LogP) is 5.31. The van der Waals surface area contributed by atoms with E-state index in [1.54, 1.807) is 12.1 Å². The Bertz CT molecular complexity index is 1720. The molecule has 3 N–H and O–H groups in total. The zero-order valence-electron chi connectivity index (χ0n) is 30.9. The van der Waals surface area contributed by atoms with E-state index in [-0.39, 0.29) is 53.9 Å². The third kappa shape index (κ3) is 10.2. The summed E-state index contributed by atoms with van der Waals surface area (Å²) in [4.78, 5) is 14.2. The van der Waals surface area contributed by atoms with Gasteiger partial charge in [0.2, 0.25) is 17.8 Å². The Labute approximate surface area is 324 Å². The molecule has 0 radical (unpaired) electrons. The van der Waals surface area contributed by atoms with Crippen LogP contribution >= 0.6 is 8.69 Å². The molecule has 1 aliphatic carbocycles. The minimum Gasteiger partial charge on any atom is -1.00 e. The van der Waals surface area contributed by atoms with Crippen LogP contribution in [0, 0.1) is 5.82 Å². The highest BCUT2D eigenvalue weighted by Crippen LogP contribution is 2.42. The van der Waals surface area contributed by atoms with Gasteiger partial charge in [-0.1, -0.05) is 86.3 Å². The highest BCUT2D eigenvalue weighted by molar-refractivity contribution is 7.17. The van der Waals surface area contributed by atoms with Crippen LogP contribution in [0.1, 0.15) is 69.4 Å². The minimum atomic E-state index is -1.67. The largest absolute Gasteiger partial charge is 1.00 e. The van der Waals surface area contributed by atoms with Crippen LogP contribution in [-0.4, -0.2) is 64.4 Å². The average Bonchev–Trinajstić information content (AvgIpc) is 3.45. The topological polar surface area (TPSA) is 129 Å². The molecule has 1 saturated carbocycles. The zero-order valence-corrected chi connectivity index (χ0v) is 32.7. The number of anilines is 4. The first-order chi connectivity index (χ1) is 26.0. The van der Waals surface area contributed by atoms with Crippen molar-refractivity contribution in [3.05, 3.63) is 95.8 Å². The molecule has 2 fully saturated rings. The Hall–Kier alpha value is -3.97. The van der Waals surface area contributed by atoms with E-state index in [1.807, 2.05) is 60.7 Å². The number of quaternary nitrogens is 1. The van der Waals surface area contributed by atoms with Gasteiger partial charge in [0, 0.05) is 30.6 Å². The molecule has 6 rings (SSSR count). The summed E-state index contributed by atoms with van der Waals surface area (Å²) in [5.74, 6) is 0.729. The quantitative estimate of drug-likeness (QED) is 0.0526. The van der Waals surface area contributed by atoms with Crippen molar-refractivity contribution in [3.8, 4) is 5.75 Å². The number of aromatic nitrogens is 3. The highest BCUT2D eigenvalue weighted by atomic mass is 35.5. The molecule has 3 aromatic carbocycles. The molecule has 4 aromatic rings. The molecule has 290 valence electrons. The van der Waals surface area contributed by atoms with Crippen molar-refractivity contribution in [1.29, 1.82) is 0 Å². The van der Waals surface area contributed by atoms with E-state index < -0.39 is 20.6 Å². The predicted molar refractivity (Wildman–Crippen MR) is 204 cm³/mol. The maximum Gasteiger partial charge on any atom is 0.504 e. The van der Waals surface area contributed by atoms with Crippen LogP contribution in [0.3, 0.4) is 0 Å². The van der Waals surface area contributed by atoms with Gasteiger partial charge in [0.15, 0.2) is 11.6 Å². The molecule has 1 saturated heterocycles. The molecule has 1 aromatic heterocycles. The molecule has 2 heterocycles. The maximum atomic E-state index is 14.6. The van der Waals surface area contributed by atoms with Gasteiger partial charge in [0.05, 0.1) is 40.0 Å². The second-order valence-electron chi connectivity index (χ2n) is 13.6. The first-order valence-electron chi connectivity index (χ1n) is 18.6. The third-order valence-electron chi connectivity index (χ3n) is 10.3. The number of methoxy groups -OCH3 is 1. The van der Waals surface area contributed by atoms with Gasteiger partial charge in [-0.15, -0.1) is 0 Å². The summed E-state index contributed by atoms with van der Waals surface area (Å²) in [5.41, 5.74) is 2.36. The molecule has 15 heteroatoms. The summed E-state index contributed by atoms with van der Waals surface area (Å²) in [6.07, 6.45) is 6.84. The molecule has 2 aliphatic rings. The monoisotopic (exact) mass is 782 g/mol. The van der Waals surface area contributed by atoms with Gasteiger partial charge < -0.3 is 33.1 Å². The van der Waals surface area contributed by atoms with Crippen molar-refractivity contribution in [1.82, 2.24) is 15.0 Å². The van der Waals surface area contributed by atoms with Gasteiger partial charge in [0.25, 0.3) is 0 Å². The first-order valence-corrected chi connectivity index (χ1v) is 19.4. The lowest BCUT2D eigenvalue weighted by molar-refractivity contribution is -1.06. The smallest absolute Gasteiger partial charge is 0.504 e. The van der Waals surface area contributed by atoms with Crippen molar-refractivity contribution in [3.63, 3.8) is 0 Å². The Morgan fingerprint density at radius 2 is 1.46 bits per heavy atom. The molecular weight excluding hydrogens is 732 g/mol. The number of hydrogen-bond donors (Lipinski definition) is 3. The number of hydrogen-bond acceptors (Lipinski definition) is 11. The lowest BCUT2D eigenvalue weighted by atomic mass is 10.1. The number of likely N-dealkylation sites (tertiary alicyclic amines) is 1. The molecule has 1 aliphatic heterocycles. The maximum absolute atomic E-state index is 14.6. The number of halogens is 2. The van der Waals surface area contributed by atoms with Gasteiger partial charge >= 0.3 is 14.8 Å². The van der Waals surface area contributed by atoms with Crippen molar-refractivity contribution in [2.75, 3.05) is 42.7 Å². The van der Waals surface area contributed by atoms with Crippen molar-refractivity contribution < 1.29 is 44.6 Å². The molecule has 0 spiro atoms. The van der Waals surface area contributed by atoms with Crippen LogP contribution in [0.25, 0.3) is 0 Å². The summed E-state index contributed by atoms with van der Waals surface area (Å²) < 4.78 is 51.9. The van der Waals surface area contributed by atoms with Gasteiger partial charge in [-0.25, -0.2) is 8.87 Å². The van der Waals surface area contributed by atoms with E-state index in [0.29, 0.717) is 37.2 Å². The van der Waals surface area contributed by atoms with Crippen molar-refractivity contribution >= 4 is 32.2 Å². The van der Waals surface area contributed by atoms with E-state index in [0.717, 1.165) is 49.7 Å². The van der Waals surface area contributed by atoms with Gasteiger partial charge in [-0.05, 0) is 52.1 Å². The summed E-state index contributed by atoms with van der Waals surface area (Å²) >= 11 is 0. The Balaban J connectivity index is 0.00000561. The van der Waals surface area contributed by atoms with E-state index in [1.165, 1.54) is 26.0 Å². The van der Waals surface area contributed by atoms with Crippen LogP contribution in [0.15, 0.2) is 78.9 Å². The lowest BCUT2D eigenvalue weighted by Crippen LogP contribution is -3.00. The van der Waals surface area contributed by atoms with Crippen molar-refractivity contribution in [2.45, 2.75) is 89.7 Å². The standard InChI is InChI=1S/C39H51FN7O5P.ClH/c1-3-47(39(52-53-48,50-27-29-15-8-6-9-16-29)51-28-30-17-10-7-11-18-30)24-14-21-33(47)26-41-36-44-37(42-31-19-12-4-5-13-20-31)46-38(45-36)43-32-22-23-35(49-2)34(40)25-32;/h6-11,15-18,22-23,25,31,33,53H,3-5,12-14,19-21,24,26-28H2,1-2H3,(H3,41,42,43,44,45,46);1H/q+2;/p-1. The number of rotatable bonds is 18. The first kappa shape index (κ1) is 41.2. The summed E-state index contributed by atoms with van der Waals surface area (Å²) in [6.45, 7) is 4.18. The second kappa shape index (κ2) is 20.1. The van der Waals surface area contributed by atoms with Crippen LogP contribution in [0.2, 0.25) is 0 Å². The fourth-order valence-corrected chi connectivity index (χ4v) is 7.95. The molecule has 0 bridgehead atoms. The molecule has 3 unspecified atom stereocenters. The number of ether oxygens (including phenoxy) is 3. The number of nitrogens with zero attached hydrogens (tertiary/aromatic N) is 4. The molecule has 0 amide bonds. The fraction of sp³-hybridized carbons (Fsp3) is 0.462. The van der Waals surface area contributed by atoms with E-state index in [4.69, 9.17) is 28.7 Å². The SMILES string of the molecule is CC[N+]1(C(OCc2ccccc2)(OCc2ccccc2)O[PH+]=O)CCCC1CNc1nc(Nc2ccc(OC)c(F)c2)nc(NC2CCCCCC2)n1.[Cl-]. The van der Waals surface area contributed by atoms with Gasteiger partial charge in [-0.3, -0.25) is 9.47 Å². The molecule has 3 atom stereocenters. The molecular formula is C39H51ClFN7O5P+. The van der Waals surface area contributed by atoms with E-state index >= 15 is 0 Å². The Kier molecular flexibility index (Phi) is 15.3. The van der Waals surface area contributed by atoms with Gasteiger partial charge in [0.1, 0.15) is 6.04 Å². The summed E-state index contributed by atoms with van der Waals surface area (Å²) in [7, 11) is 0.311. The van der Waals surface area contributed by atoms with Crippen LogP contribution < -0.4 is 33.1 Å². The normalized spacial score (nSPS) is 19.1. The van der Waals surface area contributed by atoms with E-state index in [9.17, 15) is 8.96 Å². The lowest BCUT2D eigenvalue weighted by Gasteiger charge is -2.47. The number of benzene rings is 3. The van der Waals surface area contributed by atoms with Crippen LogP contribution in [0.5, 0.6) is 5.75 Å². The summed E-state index contributed by atoms with van der Waals surface area (Å²) in [5, 5.41) is 10.2. The van der Waals surface area contributed by atoms with Crippen LogP contribution in [0.4, 0.5) is 27.9 Å². The second-order valence-corrected chi connectivity index (χ2v) is 14.0. The molecule has 12 nitrogen and oxygen atoms in total. The highest BCUT2D eigenvalue weighted by Gasteiger charge is 2.64. The Morgan fingerprint density at radius 1 is 0.833 bits per heavy atom. The van der Waals surface area contributed by atoms with Gasteiger partial charge in [-0.2, -0.15) is 15.0 Å². The average molecular weight is 783 g/mol. The zero-order chi connectivity index (χ0) is 36.9. The third-order valence-corrected chi connectivity index (χ3v) is 10.7. The number of nitrogens with one attached hydrogen (secondary N) is 3. The van der Waals surface area contributed by atoms with Crippen molar-refractivity contribution in [2.24, 2.45) is 0 Å². The summed E-state index contributed by atoms with van der Waals surface area (Å²) in [6, 6.07) is 24.4. The Morgan fingerprint density at radius 3 is 2.06 bits per heavy atom. The molecule has 54 heavy (non-hydrogen) atoms. The van der Waals surface area contributed by atoms with Crippen LogP contribution in [-0.2, 0) is 31.8 Å². The number of likely N-dealkylation sites (N-methyl/N-ethyl adjacent to an activating group) is 1. The minimum absolute atomic E-state index is 0.